The predicted molar refractivity (Wildman–Crippen MR) is 73.7 cm³/mol. The lowest BCUT2D eigenvalue weighted by Gasteiger charge is -1.95. The van der Waals surface area contributed by atoms with Crippen LogP contribution in [0.5, 0.6) is 0 Å². The molecule has 5 heteroatoms. The Morgan fingerprint density at radius 2 is 2.26 bits per heavy atom. The van der Waals surface area contributed by atoms with Crippen LogP contribution in [0.25, 0.3) is 11.0 Å². The quantitative estimate of drug-likeness (QED) is 0.686. The molecule has 19 heavy (non-hydrogen) atoms. The molecule has 0 aliphatic carbocycles. The number of aryl methyl sites for hydroxylation is 2. The fourth-order valence-electron chi connectivity index (χ4n) is 2.05. The van der Waals surface area contributed by atoms with Crippen molar-refractivity contribution >= 4 is 28.3 Å². The Balaban J connectivity index is 2.09. The summed E-state index contributed by atoms with van der Waals surface area (Å²) in [5.74, 6) is 0.215. The van der Waals surface area contributed by atoms with Crippen LogP contribution in [0.2, 0.25) is 0 Å². The standard InChI is InChI=1S/C14H12N2O2S/c1-3-10-14(19-16-15-10)12(17)11-7-9-6-4-5-8(2)13(9)18-11/h4-7H,3H2,1-2H3. The summed E-state index contributed by atoms with van der Waals surface area (Å²) in [5, 5.41) is 4.90. The molecule has 0 saturated heterocycles. The third kappa shape index (κ3) is 1.96. The molecule has 0 atom stereocenters. The Hall–Kier alpha value is -2.01. The van der Waals surface area contributed by atoms with Gasteiger partial charge in [0, 0.05) is 5.39 Å². The lowest BCUT2D eigenvalue weighted by atomic mass is 10.1. The summed E-state index contributed by atoms with van der Waals surface area (Å²) in [4.78, 5) is 13.0. The molecule has 3 rings (SSSR count). The first-order chi connectivity index (χ1) is 9.20. The molecule has 0 bridgehead atoms. The van der Waals surface area contributed by atoms with Crippen molar-refractivity contribution in [1.29, 1.82) is 0 Å². The van der Waals surface area contributed by atoms with Gasteiger partial charge in [-0.3, -0.25) is 4.79 Å². The molecule has 0 N–H and O–H groups in total. The zero-order chi connectivity index (χ0) is 13.4. The van der Waals surface area contributed by atoms with Gasteiger partial charge in [0.1, 0.15) is 10.5 Å². The highest BCUT2D eigenvalue weighted by Crippen LogP contribution is 2.25. The van der Waals surface area contributed by atoms with E-state index in [9.17, 15) is 4.79 Å². The third-order valence-corrected chi connectivity index (χ3v) is 3.83. The van der Waals surface area contributed by atoms with E-state index >= 15 is 0 Å². The molecular weight excluding hydrogens is 260 g/mol. The molecule has 0 unspecified atom stereocenters. The summed E-state index contributed by atoms with van der Waals surface area (Å²) >= 11 is 1.12. The number of nitrogens with zero attached hydrogens (tertiary/aromatic N) is 2. The van der Waals surface area contributed by atoms with Gasteiger partial charge in [0.2, 0.25) is 5.78 Å². The highest BCUT2D eigenvalue weighted by atomic mass is 32.1. The Morgan fingerprint density at radius 3 is 3.00 bits per heavy atom. The number of hydrogen-bond donors (Lipinski definition) is 0. The summed E-state index contributed by atoms with van der Waals surface area (Å²) < 4.78 is 9.53. The minimum Gasteiger partial charge on any atom is -0.452 e. The smallest absolute Gasteiger partial charge is 0.241 e. The first kappa shape index (κ1) is 12.0. The molecule has 2 aromatic heterocycles. The van der Waals surface area contributed by atoms with E-state index in [1.54, 1.807) is 6.07 Å². The number of ketones is 1. The molecule has 1 aromatic carbocycles. The van der Waals surface area contributed by atoms with Crippen LogP contribution >= 0.6 is 11.5 Å². The Bertz CT molecular complexity index is 758. The Kier molecular flexibility index (Phi) is 2.91. The summed E-state index contributed by atoms with van der Waals surface area (Å²) in [6, 6.07) is 7.64. The maximum atomic E-state index is 12.4. The maximum Gasteiger partial charge on any atom is 0.241 e. The van der Waals surface area contributed by atoms with Gasteiger partial charge in [-0.25, -0.2) is 0 Å². The molecule has 2 heterocycles. The van der Waals surface area contributed by atoms with E-state index < -0.39 is 0 Å². The molecule has 0 radical (unpaired) electrons. The highest BCUT2D eigenvalue weighted by molar-refractivity contribution is 7.08. The van der Waals surface area contributed by atoms with E-state index in [-0.39, 0.29) is 5.78 Å². The van der Waals surface area contributed by atoms with E-state index in [0.29, 0.717) is 17.1 Å². The van der Waals surface area contributed by atoms with Crippen LogP contribution < -0.4 is 0 Å². The van der Waals surface area contributed by atoms with Crippen molar-refractivity contribution in [3.05, 3.63) is 46.2 Å². The normalized spacial score (nSPS) is 11.1. The van der Waals surface area contributed by atoms with Gasteiger partial charge < -0.3 is 4.42 Å². The fourth-order valence-corrected chi connectivity index (χ4v) is 2.74. The van der Waals surface area contributed by atoms with Crippen LogP contribution in [0.4, 0.5) is 0 Å². The number of furan rings is 1. The van der Waals surface area contributed by atoms with Gasteiger partial charge in [0.05, 0.1) is 5.69 Å². The van der Waals surface area contributed by atoms with Crippen molar-refractivity contribution in [2.75, 3.05) is 0 Å². The minimum atomic E-state index is -0.137. The van der Waals surface area contributed by atoms with Crippen molar-refractivity contribution < 1.29 is 9.21 Å². The first-order valence-electron chi connectivity index (χ1n) is 6.05. The highest BCUT2D eigenvalue weighted by Gasteiger charge is 2.20. The first-order valence-corrected chi connectivity index (χ1v) is 6.83. The molecule has 0 amide bonds. The molecule has 4 nitrogen and oxygen atoms in total. The number of carbonyl (C=O) groups is 1. The average Bonchev–Trinajstić information content (AvgIpc) is 3.04. The second-order valence-corrected chi connectivity index (χ2v) is 5.09. The fraction of sp³-hybridized carbons (Fsp3) is 0.214. The van der Waals surface area contributed by atoms with Crippen molar-refractivity contribution in [3.63, 3.8) is 0 Å². The number of carbonyl (C=O) groups excluding carboxylic acids is 1. The lowest BCUT2D eigenvalue weighted by Crippen LogP contribution is -2.00. The van der Waals surface area contributed by atoms with Crippen LogP contribution in [-0.2, 0) is 6.42 Å². The van der Waals surface area contributed by atoms with Gasteiger partial charge in [-0.2, -0.15) is 0 Å². The molecule has 0 aliphatic heterocycles. The number of rotatable bonds is 3. The van der Waals surface area contributed by atoms with Crippen molar-refractivity contribution in [2.24, 2.45) is 0 Å². The summed E-state index contributed by atoms with van der Waals surface area (Å²) in [6.07, 6.45) is 0.691. The minimum absolute atomic E-state index is 0.137. The number of aromatic nitrogens is 2. The summed E-state index contributed by atoms with van der Waals surface area (Å²) in [6.45, 7) is 3.92. The zero-order valence-electron chi connectivity index (χ0n) is 10.6. The van der Waals surface area contributed by atoms with Crippen LogP contribution in [0.15, 0.2) is 28.7 Å². The van der Waals surface area contributed by atoms with E-state index in [2.05, 4.69) is 9.59 Å². The number of para-hydroxylation sites is 1. The Morgan fingerprint density at radius 1 is 1.42 bits per heavy atom. The van der Waals surface area contributed by atoms with Gasteiger partial charge in [-0.1, -0.05) is 29.6 Å². The van der Waals surface area contributed by atoms with Gasteiger partial charge in [-0.15, -0.1) is 5.10 Å². The van der Waals surface area contributed by atoms with Gasteiger partial charge in [0.15, 0.2) is 5.76 Å². The van der Waals surface area contributed by atoms with E-state index in [0.717, 1.165) is 33.8 Å². The molecule has 0 spiro atoms. The zero-order valence-corrected chi connectivity index (χ0v) is 11.5. The SMILES string of the molecule is CCc1nnsc1C(=O)c1cc2cccc(C)c2o1. The van der Waals surface area contributed by atoms with Crippen LogP contribution in [0.3, 0.4) is 0 Å². The molecule has 0 fully saturated rings. The molecule has 96 valence electrons. The molecule has 0 aliphatic rings. The molecule has 3 aromatic rings. The van der Waals surface area contributed by atoms with E-state index in [1.807, 2.05) is 32.0 Å². The van der Waals surface area contributed by atoms with Crippen molar-refractivity contribution in [3.8, 4) is 0 Å². The van der Waals surface area contributed by atoms with Crippen molar-refractivity contribution in [1.82, 2.24) is 9.59 Å². The van der Waals surface area contributed by atoms with Crippen LogP contribution in [0, 0.1) is 6.92 Å². The number of fused-ring (bicyclic) bond motifs is 1. The second kappa shape index (κ2) is 4.59. The molecule has 0 saturated carbocycles. The predicted octanol–water partition coefficient (Wildman–Crippen LogP) is 3.39. The maximum absolute atomic E-state index is 12.4. The average molecular weight is 272 g/mol. The van der Waals surface area contributed by atoms with E-state index in [1.165, 1.54) is 0 Å². The van der Waals surface area contributed by atoms with Crippen LogP contribution in [0.1, 0.15) is 33.6 Å². The Labute approximate surface area is 114 Å². The lowest BCUT2D eigenvalue weighted by molar-refractivity contribution is 0.101. The van der Waals surface area contributed by atoms with E-state index in [4.69, 9.17) is 4.42 Å². The van der Waals surface area contributed by atoms with Gasteiger partial charge in [0.25, 0.3) is 0 Å². The summed E-state index contributed by atoms with van der Waals surface area (Å²) in [7, 11) is 0. The third-order valence-electron chi connectivity index (χ3n) is 3.06. The topological polar surface area (TPSA) is 56.0 Å². The molecular formula is C14H12N2O2S. The van der Waals surface area contributed by atoms with Gasteiger partial charge in [-0.05, 0) is 36.5 Å². The van der Waals surface area contributed by atoms with Gasteiger partial charge >= 0.3 is 0 Å². The van der Waals surface area contributed by atoms with Crippen molar-refractivity contribution in [2.45, 2.75) is 20.3 Å². The van der Waals surface area contributed by atoms with Crippen LogP contribution in [-0.4, -0.2) is 15.4 Å². The second-order valence-electron chi connectivity index (χ2n) is 4.34. The largest absolute Gasteiger partial charge is 0.452 e. The number of benzene rings is 1. The summed E-state index contributed by atoms with van der Waals surface area (Å²) in [5.41, 5.74) is 2.52. The monoisotopic (exact) mass is 272 g/mol. The number of hydrogen-bond acceptors (Lipinski definition) is 5.